The Hall–Kier alpha value is -1.08. The summed E-state index contributed by atoms with van der Waals surface area (Å²) in [6.07, 6.45) is 3.47. The van der Waals surface area contributed by atoms with Crippen molar-refractivity contribution in [1.82, 2.24) is 0 Å². The fourth-order valence-electron chi connectivity index (χ4n) is 3.23. The first-order valence-corrected chi connectivity index (χ1v) is 12.6. The van der Waals surface area contributed by atoms with E-state index in [1.165, 1.54) is 0 Å². The van der Waals surface area contributed by atoms with E-state index in [0.29, 0.717) is 38.9 Å². The fourth-order valence-corrected chi connectivity index (χ4v) is 3.23. The second-order valence-electron chi connectivity index (χ2n) is 9.00. The van der Waals surface area contributed by atoms with Crippen molar-refractivity contribution < 1.29 is 70.0 Å². The summed E-state index contributed by atoms with van der Waals surface area (Å²) in [6.45, 7) is -0.0109. The summed E-state index contributed by atoms with van der Waals surface area (Å²) in [5, 5.41) is 86.5. The van der Waals surface area contributed by atoms with Crippen molar-refractivity contribution in [3.05, 3.63) is 24.3 Å². The van der Waals surface area contributed by atoms with Gasteiger partial charge in [0.25, 0.3) is 0 Å². The van der Waals surface area contributed by atoms with Gasteiger partial charge in [0.1, 0.15) is 24.4 Å². The van der Waals surface area contributed by atoms with Crippen LogP contribution in [0.5, 0.6) is 0 Å². The Balaban J connectivity index is 0.000000253. The van der Waals surface area contributed by atoms with E-state index in [-0.39, 0.29) is 38.6 Å². The highest BCUT2D eigenvalue weighted by molar-refractivity contribution is 5.03. The molecule has 0 amide bonds. The number of aliphatic hydroxyl groups is 10. The molecule has 10 N–H and O–H groups in total. The summed E-state index contributed by atoms with van der Waals surface area (Å²) in [6, 6.07) is 0. The minimum absolute atomic E-state index is 0.0819. The van der Waals surface area contributed by atoms with Crippen LogP contribution < -0.4 is 0 Å². The monoisotopic (exact) mass is 556 g/mol. The van der Waals surface area contributed by atoms with Gasteiger partial charge in [0, 0.05) is 0 Å². The van der Waals surface area contributed by atoms with Crippen LogP contribution in [0.25, 0.3) is 0 Å². The largest absolute Gasteiger partial charge is 0.394 e. The van der Waals surface area contributed by atoms with Crippen molar-refractivity contribution in [2.45, 2.75) is 87.1 Å². The molecule has 0 aromatic rings. The molecule has 0 aromatic carbocycles. The Morgan fingerprint density at radius 2 is 0.816 bits per heavy atom. The molecule has 0 saturated carbocycles. The maximum atomic E-state index is 9.06. The normalized spacial score (nSPS) is 31.5. The second-order valence-corrected chi connectivity index (χ2v) is 9.00. The van der Waals surface area contributed by atoms with Crippen molar-refractivity contribution in [2.24, 2.45) is 0 Å². The van der Waals surface area contributed by atoms with Crippen LogP contribution in [0.2, 0.25) is 0 Å². The van der Waals surface area contributed by atoms with E-state index in [2.05, 4.69) is 0 Å². The lowest BCUT2D eigenvalue weighted by atomic mass is 10.1. The van der Waals surface area contributed by atoms with E-state index in [0.717, 1.165) is 0 Å². The zero-order valence-electron chi connectivity index (χ0n) is 21.3. The van der Waals surface area contributed by atoms with Crippen molar-refractivity contribution in [2.75, 3.05) is 39.6 Å². The molecule has 0 aromatic heterocycles. The Labute approximate surface area is 221 Å². The number of ether oxygens (including phenoxy) is 4. The Bertz CT molecular complexity index is 576. The van der Waals surface area contributed by atoms with Gasteiger partial charge in [0.2, 0.25) is 0 Å². The van der Waals surface area contributed by atoms with Gasteiger partial charge >= 0.3 is 0 Å². The molecular formula is C24H44O14. The quantitative estimate of drug-likeness (QED) is 0.116. The van der Waals surface area contributed by atoms with Crippen LogP contribution >= 0.6 is 0 Å². The highest BCUT2D eigenvalue weighted by Crippen LogP contribution is 2.21. The predicted molar refractivity (Wildman–Crippen MR) is 130 cm³/mol. The molecule has 0 radical (unpaired) electrons. The first-order valence-electron chi connectivity index (χ1n) is 12.6. The molecule has 0 aliphatic carbocycles. The Kier molecular flexibility index (Phi) is 18.3. The summed E-state index contributed by atoms with van der Waals surface area (Å²) in [5.41, 5.74) is 0. The molecule has 0 spiro atoms. The molecule has 2 fully saturated rings. The predicted octanol–water partition coefficient (Wildman–Crippen LogP) is -3.74. The van der Waals surface area contributed by atoms with Crippen molar-refractivity contribution in [3.63, 3.8) is 0 Å². The fraction of sp³-hybridized carbons (Fsp3) is 0.833. The minimum atomic E-state index is -0.777. The molecule has 2 saturated heterocycles. The molecule has 224 valence electrons. The van der Waals surface area contributed by atoms with Crippen LogP contribution in [0.3, 0.4) is 0 Å². The summed E-state index contributed by atoms with van der Waals surface area (Å²) >= 11 is 0. The van der Waals surface area contributed by atoms with E-state index in [1.54, 1.807) is 12.2 Å². The topological polar surface area (TPSA) is 239 Å². The first kappa shape index (κ1) is 34.9. The highest BCUT2D eigenvalue weighted by atomic mass is 16.7. The Morgan fingerprint density at radius 3 is 1.05 bits per heavy atom. The summed E-state index contributed by atoms with van der Waals surface area (Å²) in [7, 11) is 0. The number of hydrogen-bond acceptors (Lipinski definition) is 14. The maximum Gasteiger partial charge on any atom is 0.188 e. The van der Waals surface area contributed by atoms with E-state index in [4.69, 9.17) is 70.0 Å². The zero-order valence-corrected chi connectivity index (χ0v) is 21.3. The van der Waals surface area contributed by atoms with E-state index in [9.17, 15) is 0 Å². The lowest BCUT2D eigenvalue weighted by Gasteiger charge is -2.17. The van der Waals surface area contributed by atoms with Crippen LogP contribution in [-0.4, -0.2) is 152 Å². The van der Waals surface area contributed by atoms with Crippen LogP contribution in [-0.2, 0) is 18.9 Å². The number of rotatable bonds is 10. The molecule has 10 atom stereocenters. The van der Waals surface area contributed by atoms with Gasteiger partial charge < -0.3 is 70.0 Å². The second kappa shape index (κ2) is 19.9. The average Bonchev–Trinajstić information content (AvgIpc) is 3.55. The molecule has 4 rings (SSSR count). The summed E-state index contributed by atoms with van der Waals surface area (Å²) < 4.78 is 20.4. The summed E-state index contributed by atoms with van der Waals surface area (Å²) in [4.78, 5) is 0. The third-order valence-electron chi connectivity index (χ3n) is 5.58. The molecule has 38 heavy (non-hydrogen) atoms. The van der Waals surface area contributed by atoms with Gasteiger partial charge in [0.15, 0.2) is 12.6 Å². The van der Waals surface area contributed by atoms with Crippen LogP contribution in [0, 0.1) is 0 Å². The molecular weight excluding hydrogens is 512 g/mol. The van der Waals surface area contributed by atoms with Gasteiger partial charge in [-0.25, -0.2) is 0 Å². The lowest BCUT2D eigenvalue weighted by molar-refractivity contribution is -0.115. The third-order valence-corrected chi connectivity index (χ3v) is 5.58. The van der Waals surface area contributed by atoms with Crippen LogP contribution in [0.15, 0.2) is 24.3 Å². The maximum absolute atomic E-state index is 9.06. The molecule has 4 aliphatic heterocycles. The lowest BCUT2D eigenvalue weighted by Crippen LogP contribution is -2.28. The zero-order chi connectivity index (χ0) is 28.5. The van der Waals surface area contributed by atoms with Crippen LogP contribution in [0.1, 0.15) is 25.7 Å². The molecule has 4 aliphatic rings. The standard InChI is InChI=1S/2C6H14O4.2C6H8O3/c2*7-3-5(9)1-2-6(10)4-8;2*7-5-2-1-4-3-8-6(5)9-4/h2*5-10H,1-4H2;2*1-2,4-7H,3H2/t5-,6+;5-,6-;4-,5+,6+;4-,5-,6+/m.000/s1. The van der Waals surface area contributed by atoms with Gasteiger partial charge in [-0.1, -0.05) is 24.3 Å². The highest BCUT2D eigenvalue weighted by Gasteiger charge is 2.33. The van der Waals surface area contributed by atoms with Crippen LogP contribution in [0.4, 0.5) is 0 Å². The van der Waals surface area contributed by atoms with Gasteiger partial charge in [-0.3, -0.25) is 0 Å². The smallest absolute Gasteiger partial charge is 0.188 e. The molecule has 14 heteroatoms. The molecule has 0 unspecified atom stereocenters. The average molecular weight is 557 g/mol. The number of fused-ring (bicyclic) bond motifs is 4. The SMILES string of the molecule is OC[C@@H](O)CC[C@@H](O)CO.OC[C@@H](O)CC[C@H](O)CO.O[C@@H]1C=C[C@H]2CO[C@@H]1O2.O[C@H]1C=C[C@H]2CO[C@@H]1O2. The molecule has 4 heterocycles. The van der Waals surface area contributed by atoms with Gasteiger partial charge in [-0.2, -0.15) is 0 Å². The minimum Gasteiger partial charge on any atom is -0.394 e. The van der Waals surface area contributed by atoms with E-state index < -0.39 is 49.2 Å². The Morgan fingerprint density at radius 1 is 0.526 bits per heavy atom. The van der Waals surface area contributed by atoms with Crippen molar-refractivity contribution in [3.8, 4) is 0 Å². The van der Waals surface area contributed by atoms with Crippen molar-refractivity contribution >= 4 is 0 Å². The first-order chi connectivity index (χ1) is 18.1. The third kappa shape index (κ3) is 14.3. The van der Waals surface area contributed by atoms with Gasteiger partial charge in [0.05, 0.1) is 64.1 Å². The van der Waals surface area contributed by atoms with Gasteiger partial charge in [-0.15, -0.1) is 0 Å². The van der Waals surface area contributed by atoms with E-state index >= 15 is 0 Å². The molecule has 14 nitrogen and oxygen atoms in total. The number of hydrogen-bond donors (Lipinski definition) is 10. The van der Waals surface area contributed by atoms with Crippen molar-refractivity contribution in [1.29, 1.82) is 0 Å². The van der Waals surface area contributed by atoms with Gasteiger partial charge in [-0.05, 0) is 25.7 Å². The summed E-state index contributed by atoms with van der Waals surface area (Å²) in [5.74, 6) is 0. The van der Waals surface area contributed by atoms with E-state index in [1.807, 2.05) is 12.2 Å². The number of aliphatic hydroxyl groups excluding tert-OH is 10. The molecule has 4 bridgehead atoms.